The van der Waals surface area contributed by atoms with Crippen molar-refractivity contribution >= 4 is 16.5 Å². The van der Waals surface area contributed by atoms with E-state index in [0.717, 1.165) is 22.0 Å². The molecule has 72 valence electrons. The summed E-state index contributed by atoms with van der Waals surface area (Å²) in [5, 5.41) is 11.1. The molecule has 0 saturated carbocycles. The van der Waals surface area contributed by atoms with Gasteiger partial charge in [-0.3, -0.25) is 0 Å². The highest BCUT2D eigenvalue weighted by Crippen LogP contribution is 2.24. The molecule has 2 nitrogen and oxygen atoms in total. The Bertz CT molecular complexity index is 451. The van der Waals surface area contributed by atoms with Gasteiger partial charge >= 0.3 is 0 Å². The topological polar surface area (TPSA) is 46.2 Å². The summed E-state index contributed by atoms with van der Waals surface area (Å²) in [4.78, 5) is 0. The summed E-state index contributed by atoms with van der Waals surface area (Å²) in [7, 11) is 0. The number of hydrogen-bond donors (Lipinski definition) is 2. The summed E-state index contributed by atoms with van der Waals surface area (Å²) in [6, 6.07) is 12.0. The maximum Gasteiger partial charge on any atom is 0.0472 e. The second kappa shape index (κ2) is 3.68. The van der Waals surface area contributed by atoms with Gasteiger partial charge in [-0.25, -0.2) is 0 Å². The Morgan fingerprint density at radius 1 is 1.07 bits per heavy atom. The molecule has 0 aliphatic heterocycles. The fourth-order valence-electron chi connectivity index (χ4n) is 1.68. The van der Waals surface area contributed by atoms with Gasteiger partial charge < -0.3 is 10.8 Å². The fourth-order valence-corrected chi connectivity index (χ4v) is 1.68. The standard InChI is InChI=1S/C12H13NO/c13-12-10(7-8-14)6-5-9-3-1-2-4-11(9)12/h1-6,14H,7-8,13H2. The third kappa shape index (κ3) is 1.44. The molecule has 3 N–H and O–H groups in total. The van der Waals surface area contributed by atoms with Crippen molar-refractivity contribution in [2.24, 2.45) is 0 Å². The predicted molar refractivity (Wildman–Crippen MR) is 59.2 cm³/mol. The van der Waals surface area contributed by atoms with Crippen molar-refractivity contribution in [1.29, 1.82) is 0 Å². The highest BCUT2D eigenvalue weighted by Gasteiger charge is 2.02. The average molecular weight is 187 g/mol. The highest BCUT2D eigenvalue weighted by molar-refractivity contribution is 5.94. The number of aliphatic hydroxyl groups is 1. The van der Waals surface area contributed by atoms with E-state index in [-0.39, 0.29) is 6.61 Å². The van der Waals surface area contributed by atoms with Crippen LogP contribution in [0.5, 0.6) is 0 Å². The van der Waals surface area contributed by atoms with E-state index in [4.69, 9.17) is 10.8 Å². The summed E-state index contributed by atoms with van der Waals surface area (Å²) in [5.74, 6) is 0. The lowest BCUT2D eigenvalue weighted by molar-refractivity contribution is 0.300. The summed E-state index contributed by atoms with van der Waals surface area (Å²) in [6.45, 7) is 0.141. The van der Waals surface area contributed by atoms with E-state index in [9.17, 15) is 0 Å². The Labute approximate surface area is 83.0 Å². The summed E-state index contributed by atoms with van der Waals surface area (Å²) < 4.78 is 0. The average Bonchev–Trinajstić information content (AvgIpc) is 2.23. The molecule has 0 heterocycles. The van der Waals surface area contributed by atoms with E-state index in [1.54, 1.807) is 0 Å². The number of anilines is 1. The lowest BCUT2D eigenvalue weighted by atomic mass is 10.0. The van der Waals surface area contributed by atoms with Crippen molar-refractivity contribution in [3.8, 4) is 0 Å². The van der Waals surface area contributed by atoms with Crippen LogP contribution in [-0.4, -0.2) is 11.7 Å². The minimum absolute atomic E-state index is 0.141. The molecular formula is C12H13NO. The summed E-state index contributed by atoms with van der Waals surface area (Å²) in [5.41, 5.74) is 7.80. The molecule has 0 aliphatic carbocycles. The van der Waals surface area contributed by atoms with Gasteiger partial charge in [-0.2, -0.15) is 0 Å². The first-order valence-electron chi connectivity index (χ1n) is 4.70. The third-order valence-corrected chi connectivity index (χ3v) is 2.44. The third-order valence-electron chi connectivity index (χ3n) is 2.44. The molecule has 0 fully saturated rings. The fraction of sp³-hybridized carbons (Fsp3) is 0.167. The van der Waals surface area contributed by atoms with Gasteiger partial charge in [0.2, 0.25) is 0 Å². The SMILES string of the molecule is Nc1c(CCO)ccc2ccccc12. The number of fused-ring (bicyclic) bond motifs is 1. The van der Waals surface area contributed by atoms with Crippen LogP contribution in [0.25, 0.3) is 10.8 Å². The minimum atomic E-state index is 0.141. The van der Waals surface area contributed by atoms with E-state index in [0.29, 0.717) is 6.42 Å². The van der Waals surface area contributed by atoms with Crippen molar-refractivity contribution in [3.05, 3.63) is 42.0 Å². The molecule has 0 amide bonds. The molecule has 0 bridgehead atoms. The number of aliphatic hydroxyl groups excluding tert-OH is 1. The number of nitrogen functional groups attached to an aromatic ring is 1. The van der Waals surface area contributed by atoms with Gasteiger partial charge in [0, 0.05) is 17.7 Å². The largest absolute Gasteiger partial charge is 0.398 e. The van der Waals surface area contributed by atoms with Gasteiger partial charge in [0.25, 0.3) is 0 Å². The lowest BCUT2D eigenvalue weighted by Crippen LogP contribution is -1.98. The van der Waals surface area contributed by atoms with Crippen LogP contribution in [0, 0.1) is 0 Å². The van der Waals surface area contributed by atoms with Crippen LogP contribution >= 0.6 is 0 Å². The van der Waals surface area contributed by atoms with Gasteiger partial charge in [-0.1, -0.05) is 36.4 Å². The first kappa shape index (κ1) is 9.03. The number of benzene rings is 2. The molecule has 2 heteroatoms. The summed E-state index contributed by atoms with van der Waals surface area (Å²) >= 11 is 0. The number of rotatable bonds is 2. The summed E-state index contributed by atoms with van der Waals surface area (Å²) in [6.07, 6.45) is 0.622. The van der Waals surface area contributed by atoms with Crippen LogP contribution in [0.1, 0.15) is 5.56 Å². The Kier molecular flexibility index (Phi) is 2.37. The van der Waals surface area contributed by atoms with Gasteiger partial charge in [0.1, 0.15) is 0 Å². The Morgan fingerprint density at radius 3 is 2.64 bits per heavy atom. The van der Waals surface area contributed by atoms with Crippen LogP contribution < -0.4 is 5.73 Å². The molecule has 2 aromatic rings. The Morgan fingerprint density at radius 2 is 1.86 bits per heavy atom. The van der Waals surface area contributed by atoms with Gasteiger partial charge in [0.15, 0.2) is 0 Å². The quantitative estimate of drug-likeness (QED) is 0.706. The zero-order valence-electron chi connectivity index (χ0n) is 7.90. The van der Waals surface area contributed by atoms with Crippen LogP contribution in [-0.2, 0) is 6.42 Å². The minimum Gasteiger partial charge on any atom is -0.398 e. The second-order valence-electron chi connectivity index (χ2n) is 3.33. The maximum atomic E-state index is 8.86. The van der Waals surface area contributed by atoms with Crippen molar-refractivity contribution in [1.82, 2.24) is 0 Å². The van der Waals surface area contributed by atoms with Crippen LogP contribution in [0.3, 0.4) is 0 Å². The second-order valence-corrected chi connectivity index (χ2v) is 3.33. The number of hydrogen-bond acceptors (Lipinski definition) is 2. The van der Waals surface area contributed by atoms with Crippen LogP contribution in [0.2, 0.25) is 0 Å². The molecular weight excluding hydrogens is 174 g/mol. The molecule has 0 spiro atoms. The lowest BCUT2D eigenvalue weighted by Gasteiger charge is -2.07. The molecule has 2 aromatic carbocycles. The van der Waals surface area contributed by atoms with E-state index in [2.05, 4.69) is 0 Å². The zero-order chi connectivity index (χ0) is 9.97. The van der Waals surface area contributed by atoms with Crippen molar-refractivity contribution in [3.63, 3.8) is 0 Å². The van der Waals surface area contributed by atoms with E-state index < -0.39 is 0 Å². The van der Waals surface area contributed by atoms with E-state index >= 15 is 0 Å². The van der Waals surface area contributed by atoms with Gasteiger partial charge in [0.05, 0.1) is 0 Å². The van der Waals surface area contributed by atoms with Crippen LogP contribution in [0.4, 0.5) is 5.69 Å². The molecule has 0 aliphatic rings. The van der Waals surface area contributed by atoms with Gasteiger partial charge in [-0.05, 0) is 17.4 Å². The maximum absolute atomic E-state index is 8.86. The van der Waals surface area contributed by atoms with Crippen molar-refractivity contribution in [2.45, 2.75) is 6.42 Å². The molecule has 2 rings (SSSR count). The van der Waals surface area contributed by atoms with E-state index in [1.165, 1.54) is 0 Å². The van der Waals surface area contributed by atoms with Gasteiger partial charge in [-0.15, -0.1) is 0 Å². The van der Waals surface area contributed by atoms with Crippen molar-refractivity contribution in [2.75, 3.05) is 12.3 Å². The predicted octanol–water partition coefficient (Wildman–Crippen LogP) is 1.96. The smallest absolute Gasteiger partial charge is 0.0472 e. The Hall–Kier alpha value is -1.54. The van der Waals surface area contributed by atoms with Crippen LogP contribution in [0.15, 0.2) is 36.4 Å². The highest BCUT2D eigenvalue weighted by atomic mass is 16.2. The first-order valence-corrected chi connectivity index (χ1v) is 4.70. The Balaban J connectivity index is 2.63. The van der Waals surface area contributed by atoms with E-state index in [1.807, 2.05) is 36.4 Å². The first-order chi connectivity index (χ1) is 6.83. The molecule has 0 radical (unpaired) electrons. The molecule has 0 unspecified atom stereocenters. The zero-order valence-corrected chi connectivity index (χ0v) is 7.90. The molecule has 0 atom stereocenters. The monoisotopic (exact) mass is 187 g/mol. The number of nitrogens with two attached hydrogens (primary N) is 1. The normalized spacial score (nSPS) is 10.6. The molecule has 0 aromatic heterocycles. The molecule has 0 saturated heterocycles. The van der Waals surface area contributed by atoms with Crippen molar-refractivity contribution < 1.29 is 5.11 Å². The molecule has 14 heavy (non-hydrogen) atoms.